The highest BCUT2D eigenvalue weighted by molar-refractivity contribution is 9.10. The number of carbonyl (C=O) groups excluding carboxylic acids is 1. The molecule has 0 saturated carbocycles. The molecule has 0 saturated heterocycles. The maximum absolute atomic E-state index is 13.1. The summed E-state index contributed by atoms with van der Waals surface area (Å²) in [6, 6.07) is 1.38. The van der Waals surface area contributed by atoms with Gasteiger partial charge in [-0.25, -0.2) is 4.39 Å². The van der Waals surface area contributed by atoms with E-state index in [0.717, 1.165) is 0 Å². The Morgan fingerprint density at radius 1 is 1.67 bits per heavy atom. The Morgan fingerprint density at radius 2 is 2.25 bits per heavy atom. The molecule has 1 aromatic rings. The van der Waals surface area contributed by atoms with Crippen molar-refractivity contribution in [2.45, 2.75) is 6.92 Å². The van der Waals surface area contributed by atoms with Crippen LogP contribution >= 0.6 is 15.9 Å². The smallest absolute Gasteiger partial charge is 0.151 e. The van der Waals surface area contributed by atoms with E-state index in [2.05, 4.69) is 15.9 Å². The van der Waals surface area contributed by atoms with Crippen LogP contribution in [0.1, 0.15) is 15.9 Å². The largest absolute Gasteiger partial charge is 0.396 e. The lowest BCUT2D eigenvalue weighted by molar-refractivity contribution is 0.112. The van der Waals surface area contributed by atoms with Gasteiger partial charge in [0.2, 0.25) is 0 Å². The molecule has 0 heterocycles. The Hall–Kier alpha value is -0.900. The summed E-state index contributed by atoms with van der Waals surface area (Å²) < 4.78 is 13.6. The fraction of sp³-hybridized carbons (Fsp3) is 0.125. The van der Waals surface area contributed by atoms with E-state index in [0.29, 0.717) is 16.3 Å². The number of carbonyl (C=O) groups is 1. The van der Waals surface area contributed by atoms with Crippen molar-refractivity contribution < 1.29 is 9.18 Å². The third kappa shape index (κ3) is 1.34. The van der Waals surface area contributed by atoms with E-state index in [-0.39, 0.29) is 11.3 Å². The van der Waals surface area contributed by atoms with Gasteiger partial charge in [-0.2, -0.15) is 0 Å². The van der Waals surface area contributed by atoms with Crippen LogP contribution in [-0.2, 0) is 0 Å². The summed E-state index contributed by atoms with van der Waals surface area (Å²) in [5.41, 5.74) is 5.95. The first-order valence-corrected chi connectivity index (χ1v) is 4.06. The zero-order valence-corrected chi connectivity index (χ0v) is 7.98. The van der Waals surface area contributed by atoms with Gasteiger partial charge in [0.05, 0.1) is 5.69 Å². The average molecular weight is 232 g/mol. The minimum atomic E-state index is -0.527. The first kappa shape index (κ1) is 9.19. The third-order valence-electron chi connectivity index (χ3n) is 1.64. The van der Waals surface area contributed by atoms with Crippen LogP contribution in [0.25, 0.3) is 0 Å². The molecule has 0 aliphatic heterocycles. The molecule has 2 nitrogen and oxygen atoms in total. The lowest BCUT2D eigenvalue weighted by Crippen LogP contribution is -1.98. The zero-order chi connectivity index (χ0) is 9.30. The summed E-state index contributed by atoms with van der Waals surface area (Å²) >= 11 is 3.11. The van der Waals surface area contributed by atoms with Crippen LogP contribution in [-0.4, -0.2) is 6.29 Å². The summed E-state index contributed by atoms with van der Waals surface area (Å²) in [6.07, 6.45) is 0.599. The lowest BCUT2D eigenvalue weighted by Gasteiger charge is -2.05. The summed E-state index contributed by atoms with van der Waals surface area (Å²) in [6.45, 7) is 1.51. The molecule has 0 aliphatic carbocycles. The molecule has 1 rings (SSSR count). The lowest BCUT2D eigenvalue weighted by atomic mass is 10.1. The number of anilines is 1. The van der Waals surface area contributed by atoms with E-state index in [4.69, 9.17) is 5.73 Å². The Labute approximate surface area is 77.7 Å². The first-order chi connectivity index (χ1) is 5.57. The second-order valence-corrected chi connectivity index (χ2v) is 3.27. The van der Waals surface area contributed by atoms with Gasteiger partial charge in [-0.1, -0.05) is 0 Å². The predicted molar refractivity (Wildman–Crippen MR) is 48.6 cm³/mol. The molecule has 0 aliphatic rings. The summed E-state index contributed by atoms with van der Waals surface area (Å²) in [7, 11) is 0. The molecule has 1 aromatic carbocycles. The van der Waals surface area contributed by atoms with Gasteiger partial charge in [-0.15, -0.1) is 0 Å². The maximum Gasteiger partial charge on any atom is 0.151 e. The van der Waals surface area contributed by atoms with Crippen LogP contribution < -0.4 is 5.73 Å². The molecular formula is C8H7BrFNO. The predicted octanol–water partition coefficient (Wildman–Crippen LogP) is 2.29. The SMILES string of the molecule is Cc1c(F)c(N)cc(Br)c1C=O. The quantitative estimate of drug-likeness (QED) is 0.596. The number of nitrogen functional groups attached to an aromatic ring is 1. The Bertz CT molecular complexity index is 338. The van der Waals surface area contributed by atoms with Gasteiger partial charge in [-0.3, -0.25) is 4.79 Å². The molecule has 0 unspecified atom stereocenters. The van der Waals surface area contributed by atoms with Gasteiger partial charge < -0.3 is 5.73 Å². The van der Waals surface area contributed by atoms with E-state index in [1.54, 1.807) is 0 Å². The van der Waals surface area contributed by atoms with Crippen LogP contribution in [0, 0.1) is 12.7 Å². The van der Waals surface area contributed by atoms with Crippen molar-refractivity contribution in [2.75, 3.05) is 5.73 Å². The third-order valence-corrected chi connectivity index (χ3v) is 2.30. The molecule has 0 atom stereocenters. The molecule has 2 N–H and O–H groups in total. The maximum atomic E-state index is 13.1. The normalized spacial score (nSPS) is 9.92. The van der Waals surface area contributed by atoms with Gasteiger partial charge in [0, 0.05) is 10.0 Å². The number of halogens is 2. The Morgan fingerprint density at radius 3 is 2.75 bits per heavy atom. The fourth-order valence-electron chi connectivity index (χ4n) is 0.936. The molecule has 0 fully saturated rings. The summed E-state index contributed by atoms with van der Waals surface area (Å²) in [4.78, 5) is 10.5. The minimum absolute atomic E-state index is 0.0463. The minimum Gasteiger partial charge on any atom is -0.396 e. The number of aldehydes is 1. The number of nitrogens with two attached hydrogens (primary N) is 1. The molecular weight excluding hydrogens is 225 g/mol. The van der Waals surface area contributed by atoms with Crippen LogP contribution in [0.15, 0.2) is 10.5 Å². The number of rotatable bonds is 1. The van der Waals surface area contributed by atoms with Crippen molar-refractivity contribution in [3.05, 3.63) is 27.5 Å². The van der Waals surface area contributed by atoms with Crippen LogP contribution in [0.3, 0.4) is 0 Å². The summed E-state index contributed by atoms with van der Waals surface area (Å²) in [5.74, 6) is -0.527. The second-order valence-electron chi connectivity index (χ2n) is 2.42. The Kier molecular flexibility index (Phi) is 2.47. The molecule has 4 heteroatoms. The number of hydrogen-bond donors (Lipinski definition) is 1. The Balaban J connectivity index is 3.51. The van der Waals surface area contributed by atoms with Crippen molar-refractivity contribution in [2.24, 2.45) is 0 Å². The molecule has 0 spiro atoms. The summed E-state index contributed by atoms with van der Waals surface area (Å²) in [5, 5.41) is 0. The highest BCUT2D eigenvalue weighted by atomic mass is 79.9. The van der Waals surface area contributed by atoms with E-state index in [9.17, 15) is 9.18 Å². The van der Waals surface area contributed by atoms with Crippen LogP contribution in [0.2, 0.25) is 0 Å². The molecule has 12 heavy (non-hydrogen) atoms. The van der Waals surface area contributed by atoms with Gasteiger partial charge in [0.1, 0.15) is 5.82 Å². The second kappa shape index (κ2) is 3.23. The number of hydrogen-bond acceptors (Lipinski definition) is 2. The van der Waals surface area contributed by atoms with E-state index >= 15 is 0 Å². The highest BCUT2D eigenvalue weighted by Crippen LogP contribution is 2.25. The van der Waals surface area contributed by atoms with Gasteiger partial charge in [-0.05, 0) is 34.5 Å². The molecule has 0 radical (unpaired) electrons. The van der Waals surface area contributed by atoms with Crippen molar-refractivity contribution in [3.63, 3.8) is 0 Å². The van der Waals surface area contributed by atoms with Gasteiger partial charge in [0.15, 0.2) is 6.29 Å². The van der Waals surface area contributed by atoms with Crippen molar-refractivity contribution in [3.8, 4) is 0 Å². The van der Waals surface area contributed by atoms with Gasteiger partial charge >= 0.3 is 0 Å². The van der Waals surface area contributed by atoms with Gasteiger partial charge in [0.25, 0.3) is 0 Å². The molecule has 0 amide bonds. The van der Waals surface area contributed by atoms with E-state index in [1.807, 2.05) is 0 Å². The standard InChI is InChI=1S/C8H7BrFNO/c1-4-5(3-12)6(9)2-7(11)8(4)10/h2-3H,11H2,1H3. The van der Waals surface area contributed by atoms with E-state index < -0.39 is 5.82 Å². The average Bonchev–Trinajstić information content (AvgIpc) is 2.01. The molecule has 64 valence electrons. The number of benzene rings is 1. The zero-order valence-electron chi connectivity index (χ0n) is 6.40. The highest BCUT2D eigenvalue weighted by Gasteiger charge is 2.10. The van der Waals surface area contributed by atoms with Crippen molar-refractivity contribution in [1.82, 2.24) is 0 Å². The van der Waals surface area contributed by atoms with Crippen LogP contribution in [0.4, 0.5) is 10.1 Å². The van der Waals surface area contributed by atoms with E-state index in [1.165, 1.54) is 13.0 Å². The monoisotopic (exact) mass is 231 g/mol. The van der Waals surface area contributed by atoms with Crippen LogP contribution in [0.5, 0.6) is 0 Å². The van der Waals surface area contributed by atoms with Crippen molar-refractivity contribution >= 4 is 27.9 Å². The topological polar surface area (TPSA) is 43.1 Å². The van der Waals surface area contributed by atoms with Crippen molar-refractivity contribution in [1.29, 1.82) is 0 Å². The molecule has 0 aromatic heterocycles. The first-order valence-electron chi connectivity index (χ1n) is 3.27. The fourth-order valence-corrected chi connectivity index (χ4v) is 1.57. The molecule has 0 bridgehead atoms.